The van der Waals surface area contributed by atoms with Crippen molar-refractivity contribution in [3.8, 4) is 0 Å². The lowest BCUT2D eigenvalue weighted by Crippen LogP contribution is -2.55. The smallest absolute Gasteiger partial charge is 0.212 e. The maximum Gasteiger partial charge on any atom is 0.212 e. The summed E-state index contributed by atoms with van der Waals surface area (Å²) in [6.07, 6.45) is 10.9. The number of hydrogen-bond donors (Lipinski definition) is 2. The normalized spacial score (nSPS) is 25.3. The Labute approximate surface area is 117 Å². The van der Waals surface area contributed by atoms with Crippen LogP contribution in [0, 0.1) is 5.92 Å². The quantitative estimate of drug-likeness (QED) is 0.814. The van der Waals surface area contributed by atoms with E-state index in [-0.39, 0.29) is 5.54 Å². The first-order chi connectivity index (χ1) is 9.05. The third-order valence-electron chi connectivity index (χ3n) is 4.75. The van der Waals surface area contributed by atoms with Crippen LogP contribution in [0.25, 0.3) is 0 Å². The monoisotopic (exact) mass is 288 g/mol. The summed E-state index contributed by atoms with van der Waals surface area (Å²) in [6.45, 7) is 0.427. The fourth-order valence-electron chi connectivity index (χ4n) is 3.61. The number of nitrogens with one attached hydrogen (secondary N) is 1. The summed E-state index contributed by atoms with van der Waals surface area (Å²) in [4.78, 5) is 0. The minimum Gasteiger partial charge on any atom is -0.329 e. The molecule has 0 unspecified atom stereocenters. The summed E-state index contributed by atoms with van der Waals surface area (Å²) in [5, 5.41) is 0. The Morgan fingerprint density at radius 1 is 1.00 bits per heavy atom. The van der Waals surface area contributed by atoms with Crippen LogP contribution in [0.5, 0.6) is 0 Å². The van der Waals surface area contributed by atoms with Crippen molar-refractivity contribution >= 4 is 10.0 Å². The van der Waals surface area contributed by atoms with Crippen LogP contribution in [0.15, 0.2) is 0 Å². The second kappa shape index (κ2) is 6.55. The fourth-order valence-corrected chi connectivity index (χ4v) is 5.60. The topological polar surface area (TPSA) is 72.2 Å². The van der Waals surface area contributed by atoms with Crippen molar-refractivity contribution in [3.63, 3.8) is 0 Å². The van der Waals surface area contributed by atoms with E-state index in [0.29, 0.717) is 18.2 Å². The van der Waals surface area contributed by atoms with Crippen molar-refractivity contribution in [3.05, 3.63) is 0 Å². The summed E-state index contributed by atoms with van der Waals surface area (Å²) in [6, 6.07) is 0. The number of nitrogens with two attached hydrogens (primary N) is 1. The van der Waals surface area contributed by atoms with Gasteiger partial charge >= 0.3 is 0 Å². The molecule has 0 aromatic rings. The van der Waals surface area contributed by atoms with Gasteiger partial charge in [0, 0.05) is 12.1 Å². The summed E-state index contributed by atoms with van der Waals surface area (Å²) in [7, 11) is -3.18. The van der Waals surface area contributed by atoms with E-state index in [0.717, 1.165) is 38.5 Å². The molecule has 2 rings (SSSR count). The van der Waals surface area contributed by atoms with Gasteiger partial charge in [-0.25, -0.2) is 13.1 Å². The Kier molecular flexibility index (Phi) is 5.26. The maximum absolute atomic E-state index is 12.4. The van der Waals surface area contributed by atoms with Gasteiger partial charge in [-0.2, -0.15) is 0 Å². The van der Waals surface area contributed by atoms with Gasteiger partial charge in [0.2, 0.25) is 10.0 Å². The van der Waals surface area contributed by atoms with Gasteiger partial charge in [0.15, 0.2) is 0 Å². The first-order valence-corrected chi connectivity index (χ1v) is 9.42. The molecule has 2 aliphatic rings. The molecule has 0 saturated heterocycles. The zero-order valence-corrected chi connectivity index (χ0v) is 12.7. The van der Waals surface area contributed by atoms with Crippen molar-refractivity contribution in [2.24, 2.45) is 11.7 Å². The van der Waals surface area contributed by atoms with E-state index >= 15 is 0 Å². The minimum absolute atomic E-state index is 0.300. The predicted octanol–water partition coefficient (Wildman–Crippen LogP) is 2.15. The number of hydrogen-bond acceptors (Lipinski definition) is 3. The summed E-state index contributed by atoms with van der Waals surface area (Å²) >= 11 is 0. The zero-order valence-electron chi connectivity index (χ0n) is 11.9. The maximum atomic E-state index is 12.4. The van der Waals surface area contributed by atoms with Crippen molar-refractivity contribution < 1.29 is 8.42 Å². The standard InChI is InChI=1S/C14H28N2O2S/c15-12-14(9-5-2-6-10-14)16-19(17,18)11-13-7-3-1-4-8-13/h13,16H,1-12,15H2. The lowest BCUT2D eigenvalue weighted by atomic mass is 9.83. The summed E-state index contributed by atoms with van der Waals surface area (Å²) < 4.78 is 27.7. The average molecular weight is 288 g/mol. The van der Waals surface area contributed by atoms with Gasteiger partial charge in [0.1, 0.15) is 0 Å². The fraction of sp³-hybridized carbons (Fsp3) is 1.00. The van der Waals surface area contributed by atoms with Crippen LogP contribution in [0.2, 0.25) is 0 Å². The van der Waals surface area contributed by atoms with Gasteiger partial charge in [-0.3, -0.25) is 0 Å². The van der Waals surface area contributed by atoms with Gasteiger partial charge in [0.25, 0.3) is 0 Å². The van der Waals surface area contributed by atoms with E-state index in [2.05, 4.69) is 4.72 Å². The Hall–Kier alpha value is -0.130. The van der Waals surface area contributed by atoms with Crippen molar-refractivity contribution in [2.45, 2.75) is 69.7 Å². The minimum atomic E-state index is -3.18. The molecular formula is C14H28N2O2S. The lowest BCUT2D eigenvalue weighted by Gasteiger charge is -2.37. The van der Waals surface area contributed by atoms with E-state index < -0.39 is 10.0 Å². The van der Waals surface area contributed by atoms with Crippen LogP contribution < -0.4 is 10.5 Å². The Morgan fingerprint density at radius 3 is 2.16 bits per heavy atom. The highest BCUT2D eigenvalue weighted by atomic mass is 32.2. The average Bonchev–Trinajstić information content (AvgIpc) is 2.40. The van der Waals surface area contributed by atoms with Crippen LogP contribution in [0.1, 0.15) is 64.2 Å². The van der Waals surface area contributed by atoms with E-state index in [4.69, 9.17) is 5.73 Å². The summed E-state index contributed by atoms with van der Waals surface area (Å²) in [5.74, 6) is 0.652. The molecule has 0 spiro atoms. The number of rotatable bonds is 5. The van der Waals surface area contributed by atoms with Gasteiger partial charge in [-0.05, 0) is 31.6 Å². The van der Waals surface area contributed by atoms with E-state index in [1.54, 1.807) is 0 Å². The highest BCUT2D eigenvalue weighted by Crippen LogP contribution is 2.29. The molecule has 3 N–H and O–H groups in total. The largest absolute Gasteiger partial charge is 0.329 e. The molecular weight excluding hydrogens is 260 g/mol. The van der Waals surface area contributed by atoms with Gasteiger partial charge < -0.3 is 5.73 Å². The van der Waals surface area contributed by atoms with E-state index in [1.165, 1.54) is 25.7 Å². The Morgan fingerprint density at radius 2 is 1.58 bits per heavy atom. The van der Waals surface area contributed by atoms with Gasteiger partial charge in [-0.1, -0.05) is 38.5 Å². The summed E-state index contributed by atoms with van der Waals surface area (Å²) in [5.41, 5.74) is 5.50. The van der Waals surface area contributed by atoms with E-state index in [1.807, 2.05) is 0 Å². The molecule has 5 heteroatoms. The third kappa shape index (κ3) is 4.43. The molecule has 0 aromatic heterocycles. The third-order valence-corrected chi connectivity index (χ3v) is 6.41. The van der Waals surface area contributed by atoms with Gasteiger partial charge in [-0.15, -0.1) is 0 Å². The second-order valence-corrected chi connectivity index (χ2v) is 8.20. The molecule has 2 fully saturated rings. The molecule has 0 atom stereocenters. The van der Waals surface area contributed by atoms with Gasteiger partial charge in [0.05, 0.1) is 5.75 Å². The Bertz CT molecular complexity index is 369. The molecule has 0 amide bonds. The molecule has 0 radical (unpaired) electrons. The van der Waals surface area contributed by atoms with Crippen molar-refractivity contribution in [1.82, 2.24) is 4.72 Å². The molecule has 0 aliphatic heterocycles. The lowest BCUT2D eigenvalue weighted by molar-refractivity contribution is 0.275. The molecule has 0 bridgehead atoms. The van der Waals surface area contributed by atoms with Crippen LogP contribution >= 0.6 is 0 Å². The Balaban J connectivity index is 1.94. The van der Waals surface area contributed by atoms with Crippen molar-refractivity contribution in [1.29, 1.82) is 0 Å². The molecule has 2 saturated carbocycles. The van der Waals surface area contributed by atoms with Crippen LogP contribution in [0.4, 0.5) is 0 Å². The SMILES string of the molecule is NCC1(NS(=O)(=O)CC2CCCCC2)CCCCC1. The zero-order chi connectivity index (χ0) is 13.8. The first-order valence-electron chi connectivity index (χ1n) is 7.77. The van der Waals surface area contributed by atoms with Crippen LogP contribution in [-0.4, -0.2) is 26.3 Å². The highest BCUT2D eigenvalue weighted by molar-refractivity contribution is 7.89. The highest BCUT2D eigenvalue weighted by Gasteiger charge is 2.35. The molecule has 4 nitrogen and oxygen atoms in total. The first kappa shape index (κ1) is 15.3. The van der Waals surface area contributed by atoms with E-state index in [9.17, 15) is 8.42 Å². The predicted molar refractivity (Wildman–Crippen MR) is 78.4 cm³/mol. The molecule has 0 aromatic carbocycles. The molecule has 0 heterocycles. The second-order valence-electron chi connectivity index (χ2n) is 6.43. The van der Waals surface area contributed by atoms with Crippen LogP contribution in [0.3, 0.4) is 0 Å². The molecule has 19 heavy (non-hydrogen) atoms. The van der Waals surface area contributed by atoms with Crippen LogP contribution in [-0.2, 0) is 10.0 Å². The molecule has 2 aliphatic carbocycles. The number of sulfonamides is 1. The van der Waals surface area contributed by atoms with Crippen molar-refractivity contribution in [2.75, 3.05) is 12.3 Å². The molecule has 112 valence electrons.